The molecule has 3 rings (SSSR count). The van der Waals surface area contributed by atoms with Gasteiger partial charge in [-0.3, -0.25) is 4.90 Å². The van der Waals surface area contributed by atoms with Crippen LogP contribution < -0.4 is 5.73 Å². The topological polar surface area (TPSA) is 71.4 Å². The van der Waals surface area contributed by atoms with Crippen molar-refractivity contribution in [1.29, 1.82) is 0 Å². The van der Waals surface area contributed by atoms with Gasteiger partial charge in [-0.15, -0.1) is 0 Å². The molecule has 1 aliphatic carbocycles. The van der Waals surface area contributed by atoms with Crippen LogP contribution in [0.1, 0.15) is 30.6 Å². The first-order valence-electron chi connectivity index (χ1n) is 6.57. The molecule has 1 saturated carbocycles. The fourth-order valence-corrected chi connectivity index (χ4v) is 2.53. The first kappa shape index (κ1) is 12.1. The predicted molar refractivity (Wildman–Crippen MR) is 67.1 cm³/mol. The van der Waals surface area contributed by atoms with Crippen LogP contribution in [-0.4, -0.2) is 60.2 Å². The van der Waals surface area contributed by atoms with E-state index in [9.17, 15) is 0 Å². The largest absolute Gasteiger partial charge is 0.339 e. The molecule has 1 unspecified atom stereocenters. The summed E-state index contributed by atoms with van der Waals surface area (Å²) in [6, 6.07) is 0.231. The minimum absolute atomic E-state index is 0.00953. The third kappa shape index (κ3) is 1.94. The summed E-state index contributed by atoms with van der Waals surface area (Å²) in [5.41, 5.74) is 5.78. The van der Waals surface area contributed by atoms with Crippen LogP contribution in [0.15, 0.2) is 4.52 Å². The maximum atomic E-state index is 5.79. The average Bonchev–Trinajstić information content (AvgIpc) is 3.02. The van der Waals surface area contributed by atoms with Crippen molar-refractivity contribution < 1.29 is 4.52 Å². The van der Waals surface area contributed by atoms with E-state index >= 15 is 0 Å². The van der Waals surface area contributed by atoms with Gasteiger partial charge in [0.25, 0.3) is 0 Å². The normalized spacial score (nSPS) is 28.5. The van der Waals surface area contributed by atoms with E-state index in [-0.39, 0.29) is 11.5 Å². The smallest absolute Gasteiger partial charge is 0.234 e. The Morgan fingerprint density at radius 1 is 1.39 bits per heavy atom. The number of nitrogens with two attached hydrogens (primary N) is 1. The summed E-state index contributed by atoms with van der Waals surface area (Å²) < 4.78 is 5.43. The molecule has 1 aromatic rings. The molecule has 1 aliphatic heterocycles. The highest BCUT2D eigenvalue weighted by molar-refractivity contribution is 5.17. The van der Waals surface area contributed by atoms with Crippen LogP contribution in [0.5, 0.6) is 0 Å². The molecular weight excluding hydrogens is 230 g/mol. The molecule has 1 saturated heterocycles. The van der Waals surface area contributed by atoms with Crippen molar-refractivity contribution in [3.8, 4) is 0 Å². The van der Waals surface area contributed by atoms with E-state index in [1.165, 1.54) is 0 Å². The maximum Gasteiger partial charge on any atom is 0.234 e. The van der Waals surface area contributed by atoms with Crippen LogP contribution in [0.2, 0.25) is 0 Å². The molecule has 1 aromatic heterocycles. The fourth-order valence-electron chi connectivity index (χ4n) is 2.53. The highest BCUT2D eigenvalue weighted by Gasteiger charge is 2.48. The van der Waals surface area contributed by atoms with Crippen molar-refractivity contribution in [2.24, 2.45) is 5.73 Å². The van der Waals surface area contributed by atoms with Gasteiger partial charge in [-0.05, 0) is 26.9 Å². The van der Waals surface area contributed by atoms with Gasteiger partial charge in [0.15, 0.2) is 5.82 Å². The second-order valence-corrected chi connectivity index (χ2v) is 5.70. The van der Waals surface area contributed by atoms with Crippen molar-refractivity contribution in [3.05, 3.63) is 11.7 Å². The fraction of sp³-hybridized carbons (Fsp3) is 0.833. The van der Waals surface area contributed by atoms with Crippen molar-refractivity contribution >= 4 is 0 Å². The van der Waals surface area contributed by atoms with Crippen LogP contribution in [0.3, 0.4) is 0 Å². The van der Waals surface area contributed by atoms with Gasteiger partial charge in [0.05, 0.1) is 11.5 Å². The molecule has 6 heteroatoms. The van der Waals surface area contributed by atoms with Crippen LogP contribution >= 0.6 is 0 Å². The Morgan fingerprint density at radius 2 is 2.17 bits per heavy atom. The Bertz CT molecular complexity index is 428. The van der Waals surface area contributed by atoms with E-state index in [1.807, 2.05) is 0 Å². The van der Waals surface area contributed by atoms with Gasteiger partial charge in [0, 0.05) is 26.2 Å². The molecule has 0 radical (unpaired) electrons. The van der Waals surface area contributed by atoms with Crippen molar-refractivity contribution in [2.75, 3.05) is 40.3 Å². The monoisotopic (exact) mass is 251 g/mol. The molecule has 1 atom stereocenters. The summed E-state index contributed by atoms with van der Waals surface area (Å²) in [4.78, 5) is 9.19. The van der Waals surface area contributed by atoms with Crippen LogP contribution in [0.4, 0.5) is 0 Å². The summed E-state index contributed by atoms with van der Waals surface area (Å²) in [5, 5.41) is 4.17. The quantitative estimate of drug-likeness (QED) is 0.814. The molecular formula is C12H21N5O. The van der Waals surface area contributed by atoms with Gasteiger partial charge in [0.2, 0.25) is 5.89 Å². The molecule has 0 spiro atoms. The van der Waals surface area contributed by atoms with E-state index in [2.05, 4.69) is 34.0 Å². The van der Waals surface area contributed by atoms with E-state index in [0.29, 0.717) is 6.54 Å². The summed E-state index contributed by atoms with van der Waals surface area (Å²) >= 11 is 0. The molecule has 0 amide bonds. The lowest BCUT2D eigenvalue weighted by Gasteiger charge is -2.35. The van der Waals surface area contributed by atoms with Gasteiger partial charge < -0.3 is 15.2 Å². The molecule has 18 heavy (non-hydrogen) atoms. The number of piperazine rings is 1. The Labute approximate surface area is 107 Å². The van der Waals surface area contributed by atoms with Gasteiger partial charge in [0.1, 0.15) is 0 Å². The second-order valence-electron chi connectivity index (χ2n) is 5.70. The van der Waals surface area contributed by atoms with Crippen LogP contribution in [0.25, 0.3) is 0 Å². The molecule has 2 aliphatic rings. The highest BCUT2D eigenvalue weighted by Crippen LogP contribution is 2.46. The molecule has 2 fully saturated rings. The Balaban J connectivity index is 1.80. The minimum atomic E-state index is -0.00953. The number of hydrogen-bond donors (Lipinski definition) is 1. The summed E-state index contributed by atoms with van der Waals surface area (Å²) in [6.45, 7) is 3.68. The highest BCUT2D eigenvalue weighted by atomic mass is 16.5. The molecule has 6 nitrogen and oxygen atoms in total. The zero-order valence-corrected chi connectivity index (χ0v) is 11.1. The molecule has 2 N–H and O–H groups in total. The standard InChI is InChI=1S/C12H21N5O/c1-16-5-6-17(2)9(7-16)10-14-11(18-15-10)12(8-13)3-4-12/h9H,3-8,13H2,1-2H3. The average molecular weight is 251 g/mol. The summed E-state index contributed by atoms with van der Waals surface area (Å²) in [5.74, 6) is 1.54. The first-order chi connectivity index (χ1) is 8.64. The zero-order valence-electron chi connectivity index (χ0n) is 11.1. The van der Waals surface area contributed by atoms with E-state index in [0.717, 1.165) is 44.2 Å². The Hall–Kier alpha value is -0.980. The number of rotatable bonds is 3. The number of hydrogen-bond acceptors (Lipinski definition) is 6. The third-order valence-electron chi connectivity index (χ3n) is 4.29. The second kappa shape index (κ2) is 4.29. The van der Waals surface area contributed by atoms with Gasteiger partial charge in [-0.2, -0.15) is 4.98 Å². The van der Waals surface area contributed by atoms with Crippen molar-refractivity contribution in [3.63, 3.8) is 0 Å². The van der Waals surface area contributed by atoms with E-state index in [1.54, 1.807) is 0 Å². The molecule has 0 aromatic carbocycles. The summed E-state index contributed by atoms with van der Waals surface area (Å²) in [7, 11) is 4.24. The Kier molecular flexibility index (Phi) is 2.88. The minimum Gasteiger partial charge on any atom is -0.339 e. The number of aromatic nitrogens is 2. The molecule has 2 heterocycles. The Morgan fingerprint density at radius 3 is 2.83 bits per heavy atom. The SMILES string of the molecule is CN1CCN(C)C(c2noc(C3(CN)CC3)n2)C1. The van der Waals surface area contributed by atoms with Crippen LogP contribution in [-0.2, 0) is 5.41 Å². The maximum absolute atomic E-state index is 5.79. The van der Waals surface area contributed by atoms with Crippen molar-refractivity contribution in [1.82, 2.24) is 19.9 Å². The third-order valence-corrected chi connectivity index (χ3v) is 4.29. The van der Waals surface area contributed by atoms with Gasteiger partial charge in [-0.25, -0.2) is 0 Å². The molecule has 0 bridgehead atoms. The lowest BCUT2D eigenvalue weighted by Crippen LogP contribution is -2.45. The number of nitrogens with zero attached hydrogens (tertiary/aromatic N) is 4. The molecule has 100 valence electrons. The van der Waals surface area contributed by atoms with Crippen LogP contribution in [0, 0.1) is 0 Å². The lowest BCUT2D eigenvalue weighted by molar-refractivity contribution is 0.108. The van der Waals surface area contributed by atoms with E-state index < -0.39 is 0 Å². The van der Waals surface area contributed by atoms with Crippen molar-refractivity contribution in [2.45, 2.75) is 24.3 Å². The van der Waals surface area contributed by atoms with Gasteiger partial charge >= 0.3 is 0 Å². The summed E-state index contributed by atoms with van der Waals surface area (Å²) in [6.07, 6.45) is 2.15. The van der Waals surface area contributed by atoms with E-state index in [4.69, 9.17) is 10.3 Å². The van der Waals surface area contributed by atoms with Gasteiger partial charge in [-0.1, -0.05) is 5.16 Å². The number of likely N-dealkylation sites (N-methyl/N-ethyl adjacent to an activating group) is 2. The predicted octanol–water partition coefficient (Wildman–Crippen LogP) is -0.0218. The first-order valence-corrected chi connectivity index (χ1v) is 6.57. The lowest BCUT2D eigenvalue weighted by atomic mass is 10.1. The zero-order chi connectivity index (χ0) is 12.8.